The minimum absolute atomic E-state index is 0.158. The van der Waals surface area contributed by atoms with Gasteiger partial charge in [-0.15, -0.1) is 0 Å². The van der Waals surface area contributed by atoms with Crippen molar-refractivity contribution in [3.63, 3.8) is 0 Å². The second-order valence-corrected chi connectivity index (χ2v) is 5.56. The van der Waals surface area contributed by atoms with Crippen molar-refractivity contribution < 1.29 is 9.53 Å². The molecule has 1 fully saturated rings. The molecular formula is C17H21N3O2. The maximum absolute atomic E-state index is 12.2. The maximum atomic E-state index is 12.2. The van der Waals surface area contributed by atoms with Crippen LogP contribution in [0.25, 0.3) is 0 Å². The predicted molar refractivity (Wildman–Crippen MR) is 86.3 cm³/mol. The van der Waals surface area contributed by atoms with Crippen LogP contribution < -0.4 is 15.4 Å². The number of benzene rings is 1. The Morgan fingerprint density at radius 2 is 1.91 bits per heavy atom. The van der Waals surface area contributed by atoms with E-state index >= 15 is 0 Å². The van der Waals surface area contributed by atoms with E-state index in [4.69, 9.17) is 4.74 Å². The number of amides is 2. The maximum Gasteiger partial charge on any atom is 0.319 e. The molecular weight excluding hydrogens is 278 g/mol. The molecule has 2 atom stereocenters. The Morgan fingerprint density at radius 1 is 1.18 bits per heavy atom. The lowest BCUT2D eigenvalue weighted by atomic mass is 10.2. The molecule has 0 radical (unpaired) electrons. The summed E-state index contributed by atoms with van der Waals surface area (Å²) in [5.74, 6) is 0.773. The number of nitrogens with zero attached hydrogens (tertiary/aromatic N) is 1. The summed E-state index contributed by atoms with van der Waals surface area (Å²) in [6, 6.07) is 11.7. The Balaban J connectivity index is 1.58. The van der Waals surface area contributed by atoms with Gasteiger partial charge < -0.3 is 19.9 Å². The van der Waals surface area contributed by atoms with E-state index in [0.29, 0.717) is 6.04 Å². The Morgan fingerprint density at radius 3 is 2.59 bits per heavy atom. The van der Waals surface area contributed by atoms with Crippen LogP contribution in [-0.2, 0) is 0 Å². The van der Waals surface area contributed by atoms with E-state index in [1.54, 1.807) is 7.11 Å². The first kappa shape index (κ1) is 14.5. The zero-order valence-corrected chi connectivity index (χ0v) is 12.7. The molecule has 0 bridgehead atoms. The fraction of sp³-hybridized carbons (Fsp3) is 0.353. The van der Waals surface area contributed by atoms with E-state index in [2.05, 4.69) is 27.6 Å². The first-order chi connectivity index (χ1) is 10.8. The summed E-state index contributed by atoms with van der Waals surface area (Å²) in [4.78, 5) is 12.2. The van der Waals surface area contributed by atoms with Crippen LogP contribution in [-0.4, -0.2) is 23.7 Å². The van der Waals surface area contributed by atoms with Gasteiger partial charge in [-0.05, 0) is 55.7 Å². The van der Waals surface area contributed by atoms with E-state index < -0.39 is 0 Å². The van der Waals surface area contributed by atoms with Crippen LogP contribution in [0.4, 0.5) is 10.5 Å². The number of urea groups is 1. The van der Waals surface area contributed by atoms with Crippen LogP contribution in [0.5, 0.6) is 5.75 Å². The number of methoxy groups -OCH3 is 1. The fourth-order valence-corrected chi connectivity index (χ4v) is 3.04. The van der Waals surface area contributed by atoms with Gasteiger partial charge in [0.2, 0.25) is 0 Å². The molecule has 1 aromatic heterocycles. The zero-order chi connectivity index (χ0) is 15.4. The van der Waals surface area contributed by atoms with Gasteiger partial charge in [0.1, 0.15) is 5.75 Å². The summed E-state index contributed by atoms with van der Waals surface area (Å²) in [5, 5.41) is 5.96. The lowest BCUT2D eigenvalue weighted by Gasteiger charge is -2.22. The predicted octanol–water partition coefficient (Wildman–Crippen LogP) is 3.41. The van der Waals surface area contributed by atoms with Crippen molar-refractivity contribution in [3.8, 4) is 5.75 Å². The summed E-state index contributed by atoms with van der Waals surface area (Å²) in [5.41, 5.74) is 0.758. The largest absolute Gasteiger partial charge is 0.497 e. The molecule has 116 valence electrons. The zero-order valence-electron chi connectivity index (χ0n) is 12.7. The highest BCUT2D eigenvalue weighted by molar-refractivity contribution is 5.89. The average Bonchev–Trinajstić information content (AvgIpc) is 3.18. The molecule has 0 aliphatic heterocycles. The number of rotatable bonds is 4. The third-order valence-electron chi connectivity index (χ3n) is 4.15. The number of nitrogens with one attached hydrogen (secondary N) is 2. The molecule has 2 amide bonds. The molecule has 0 saturated heterocycles. The molecule has 1 aliphatic rings. The van der Waals surface area contributed by atoms with Gasteiger partial charge in [0.05, 0.1) is 19.2 Å². The summed E-state index contributed by atoms with van der Waals surface area (Å²) >= 11 is 0. The van der Waals surface area contributed by atoms with Crippen molar-refractivity contribution in [1.29, 1.82) is 0 Å². The summed E-state index contributed by atoms with van der Waals surface area (Å²) in [7, 11) is 1.62. The molecule has 2 aromatic rings. The minimum Gasteiger partial charge on any atom is -0.497 e. The highest BCUT2D eigenvalue weighted by atomic mass is 16.5. The monoisotopic (exact) mass is 299 g/mol. The second kappa shape index (κ2) is 6.56. The first-order valence-electron chi connectivity index (χ1n) is 7.60. The molecule has 1 aliphatic carbocycles. The summed E-state index contributed by atoms with van der Waals surface area (Å²) in [6.07, 6.45) is 7.37. The summed E-state index contributed by atoms with van der Waals surface area (Å²) < 4.78 is 7.29. The fourth-order valence-electron chi connectivity index (χ4n) is 3.04. The topological polar surface area (TPSA) is 55.3 Å². The Labute approximate surface area is 130 Å². The number of carbonyl (C=O) groups is 1. The van der Waals surface area contributed by atoms with Crippen LogP contribution in [0.15, 0.2) is 48.8 Å². The third-order valence-corrected chi connectivity index (χ3v) is 4.15. The van der Waals surface area contributed by atoms with E-state index in [0.717, 1.165) is 30.7 Å². The summed E-state index contributed by atoms with van der Waals surface area (Å²) in [6.45, 7) is 0. The molecule has 0 spiro atoms. The molecule has 2 unspecified atom stereocenters. The van der Waals surface area contributed by atoms with Crippen molar-refractivity contribution in [2.24, 2.45) is 0 Å². The molecule has 3 rings (SSSR count). The van der Waals surface area contributed by atoms with E-state index in [-0.39, 0.29) is 12.1 Å². The smallest absolute Gasteiger partial charge is 0.319 e. The van der Waals surface area contributed by atoms with Gasteiger partial charge in [-0.1, -0.05) is 0 Å². The van der Waals surface area contributed by atoms with Gasteiger partial charge in [-0.3, -0.25) is 0 Å². The van der Waals surface area contributed by atoms with Gasteiger partial charge in [0, 0.05) is 18.1 Å². The van der Waals surface area contributed by atoms with E-state index in [9.17, 15) is 4.79 Å². The molecule has 5 heteroatoms. The number of aromatic nitrogens is 1. The minimum atomic E-state index is -0.158. The van der Waals surface area contributed by atoms with Crippen LogP contribution >= 0.6 is 0 Å². The van der Waals surface area contributed by atoms with Gasteiger partial charge in [0.15, 0.2) is 0 Å². The average molecular weight is 299 g/mol. The lowest BCUT2D eigenvalue weighted by molar-refractivity contribution is 0.245. The molecule has 2 N–H and O–H groups in total. The molecule has 1 heterocycles. The number of ether oxygens (including phenoxy) is 1. The highest BCUT2D eigenvalue weighted by Gasteiger charge is 2.29. The van der Waals surface area contributed by atoms with Crippen molar-refractivity contribution >= 4 is 11.7 Å². The van der Waals surface area contributed by atoms with Crippen molar-refractivity contribution in [1.82, 2.24) is 9.88 Å². The van der Waals surface area contributed by atoms with Crippen LogP contribution in [0.2, 0.25) is 0 Å². The number of carbonyl (C=O) groups excluding carboxylic acids is 1. The second-order valence-electron chi connectivity index (χ2n) is 5.56. The molecule has 1 saturated carbocycles. The van der Waals surface area contributed by atoms with Gasteiger partial charge >= 0.3 is 6.03 Å². The van der Waals surface area contributed by atoms with Gasteiger partial charge in [-0.2, -0.15) is 0 Å². The number of hydrogen-bond acceptors (Lipinski definition) is 2. The van der Waals surface area contributed by atoms with Crippen molar-refractivity contribution in [2.45, 2.75) is 31.3 Å². The molecule has 1 aromatic carbocycles. The standard InChI is InChI=1S/C17H21N3O2/c1-22-14-9-7-13(8-10-14)18-17(21)19-15-5-4-6-16(15)20-11-2-3-12-20/h2-3,7-12,15-16H,4-6H2,1H3,(H2,18,19,21). The normalized spacial score (nSPS) is 20.6. The lowest BCUT2D eigenvalue weighted by Crippen LogP contribution is -2.40. The van der Waals surface area contributed by atoms with Crippen molar-refractivity contribution in [2.75, 3.05) is 12.4 Å². The Kier molecular flexibility index (Phi) is 4.32. The molecule has 5 nitrogen and oxygen atoms in total. The van der Waals surface area contributed by atoms with Gasteiger partial charge in [-0.25, -0.2) is 4.79 Å². The SMILES string of the molecule is COc1ccc(NC(=O)NC2CCCC2n2cccc2)cc1. The van der Waals surface area contributed by atoms with E-state index in [1.165, 1.54) is 0 Å². The van der Waals surface area contributed by atoms with Gasteiger partial charge in [0.25, 0.3) is 0 Å². The van der Waals surface area contributed by atoms with Crippen molar-refractivity contribution in [3.05, 3.63) is 48.8 Å². The molecule has 22 heavy (non-hydrogen) atoms. The van der Waals surface area contributed by atoms with Crippen LogP contribution in [0.3, 0.4) is 0 Å². The first-order valence-corrected chi connectivity index (χ1v) is 7.60. The quantitative estimate of drug-likeness (QED) is 0.909. The van der Waals surface area contributed by atoms with Crippen LogP contribution in [0, 0.1) is 0 Å². The van der Waals surface area contributed by atoms with E-state index in [1.807, 2.05) is 36.4 Å². The number of hydrogen-bond donors (Lipinski definition) is 2. The Hall–Kier alpha value is -2.43. The van der Waals surface area contributed by atoms with Crippen LogP contribution in [0.1, 0.15) is 25.3 Å². The number of anilines is 1. The Bertz CT molecular complexity index is 607. The third kappa shape index (κ3) is 3.24. The highest BCUT2D eigenvalue weighted by Crippen LogP contribution is 2.30.